The van der Waals surface area contributed by atoms with Crippen molar-refractivity contribution in [3.8, 4) is 5.75 Å². The van der Waals surface area contributed by atoms with E-state index in [1.165, 1.54) is 6.92 Å². The summed E-state index contributed by atoms with van der Waals surface area (Å²) in [5.74, 6) is -0.365. The second kappa shape index (κ2) is 8.52. The van der Waals surface area contributed by atoms with Crippen LogP contribution in [0.2, 0.25) is 0 Å². The van der Waals surface area contributed by atoms with E-state index in [1.807, 2.05) is 64.1 Å². The monoisotopic (exact) mass is 355 g/mol. The maximum absolute atomic E-state index is 12.2. The molecular weight excluding hydrogens is 330 g/mol. The number of esters is 1. The number of benzene rings is 2. The third kappa shape index (κ3) is 5.62. The molecule has 0 fully saturated rings. The molecule has 2 rings (SSSR count). The van der Waals surface area contributed by atoms with Crippen LogP contribution in [-0.2, 0) is 14.3 Å². The number of anilines is 1. The van der Waals surface area contributed by atoms with Crippen molar-refractivity contribution >= 4 is 17.6 Å². The summed E-state index contributed by atoms with van der Waals surface area (Å²) in [4.78, 5) is 24.2. The van der Waals surface area contributed by atoms with E-state index in [1.54, 1.807) is 0 Å². The van der Waals surface area contributed by atoms with Crippen molar-refractivity contribution in [2.24, 2.45) is 0 Å². The van der Waals surface area contributed by atoms with Crippen LogP contribution in [0.25, 0.3) is 0 Å². The van der Waals surface area contributed by atoms with Crippen molar-refractivity contribution in [3.63, 3.8) is 0 Å². The normalized spacial score (nSPS) is 11.6. The van der Waals surface area contributed by atoms with Gasteiger partial charge in [0.2, 0.25) is 0 Å². The van der Waals surface area contributed by atoms with Gasteiger partial charge in [-0.25, -0.2) is 4.79 Å². The van der Waals surface area contributed by atoms with Gasteiger partial charge in [0.15, 0.2) is 12.7 Å². The molecule has 1 atom stereocenters. The Balaban J connectivity index is 1.86. The van der Waals surface area contributed by atoms with Crippen LogP contribution in [0, 0.1) is 27.7 Å². The highest BCUT2D eigenvalue weighted by molar-refractivity contribution is 5.95. The summed E-state index contributed by atoms with van der Waals surface area (Å²) >= 11 is 0. The number of nitrogens with one attached hydrogen (secondary N) is 1. The summed E-state index contributed by atoms with van der Waals surface area (Å²) in [5, 5.41) is 2.77. The molecule has 1 N–H and O–H groups in total. The quantitative estimate of drug-likeness (QED) is 0.799. The molecule has 0 saturated heterocycles. The van der Waals surface area contributed by atoms with Crippen molar-refractivity contribution < 1.29 is 19.1 Å². The summed E-state index contributed by atoms with van der Waals surface area (Å²) in [5.41, 5.74) is 4.87. The van der Waals surface area contributed by atoms with E-state index < -0.39 is 12.1 Å². The van der Waals surface area contributed by atoms with Gasteiger partial charge in [-0.2, -0.15) is 0 Å². The highest BCUT2D eigenvalue weighted by Crippen LogP contribution is 2.17. The molecule has 138 valence electrons. The molecule has 0 unspecified atom stereocenters. The standard InChI is InChI=1S/C21H25NO4/c1-13-6-7-19(16(4)9-13)22-21(24)17(5)26-20(23)12-25-18-10-14(2)8-15(3)11-18/h6-11,17H,12H2,1-5H3,(H,22,24)/t17-/m0/s1. The van der Waals surface area contributed by atoms with E-state index in [9.17, 15) is 9.59 Å². The van der Waals surface area contributed by atoms with Crippen LogP contribution < -0.4 is 10.1 Å². The van der Waals surface area contributed by atoms with E-state index in [-0.39, 0.29) is 12.5 Å². The second-order valence-corrected chi connectivity index (χ2v) is 6.55. The fraction of sp³-hybridized carbons (Fsp3) is 0.333. The Morgan fingerprint density at radius 3 is 2.23 bits per heavy atom. The topological polar surface area (TPSA) is 64.6 Å². The fourth-order valence-electron chi connectivity index (χ4n) is 2.63. The molecule has 0 aliphatic rings. The number of amides is 1. The molecule has 2 aromatic rings. The third-order valence-corrected chi connectivity index (χ3v) is 3.87. The fourth-order valence-corrected chi connectivity index (χ4v) is 2.63. The Morgan fingerprint density at radius 1 is 0.962 bits per heavy atom. The van der Waals surface area contributed by atoms with Gasteiger partial charge in [-0.05, 0) is 69.5 Å². The average molecular weight is 355 g/mol. The molecular formula is C21H25NO4. The molecule has 0 aliphatic carbocycles. The summed E-state index contributed by atoms with van der Waals surface area (Å²) in [6.07, 6.45) is -0.911. The summed E-state index contributed by atoms with van der Waals surface area (Å²) in [7, 11) is 0. The summed E-state index contributed by atoms with van der Waals surface area (Å²) in [6.45, 7) is 9.10. The lowest BCUT2D eigenvalue weighted by molar-refractivity contribution is -0.155. The molecule has 5 nitrogen and oxygen atoms in total. The van der Waals surface area contributed by atoms with Crippen molar-refractivity contribution in [1.82, 2.24) is 0 Å². The van der Waals surface area contributed by atoms with E-state index >= 15 is 0 Å². The van der Waals surface area contributed by atoms with Crippen molar-refractivity contribution in [2.75, 3.05) is 11.9 Å². The molecule has 0 aromatic heterocycles. The lowest BCUT2D eigenvalue weighted by Crippen LogP contribution is -2.31. The lowest BCUT2D eigenvalue weighted by atomic mass is 10.1. The summed E-state index contributed by atoms with van der Waals surface area (Å²) < 4.78 is 10.6. The second-order valence-electron chi connectivity index (χ2n) is 6.55. The number of aryl methyl sites for hydroxylation is 4. The molecule has 0 heterocycles. The first-order valence-corrected chi connectivity index (χ1v) is 8.53. The van der Waals surface area contributed by atoms with Gasteiger partial charge in [-0.3, -0.25) is 4.79 Å². The smallest absolute Gasteiger partial charge is 0.344 e. The molecule has 0 bridgehead atoms. The molecule has 0 spiro atoms. The predicted molar refractivity (Wildman–Crippen MR) is 102 cm³/mol. The molecule has 0 radical (unpaired) electrons. The third-order valence-electron chi connectivity index (χ3n) is 3.87. The first-order valence-electron chi connectivity index (χ1n) is 8.53. The number of rotatable bonds is 6. The summed E-state index contributed by atoms with van der Waals surface area (Å²) in [6, 6.07) is 11.4. The first-order chi connectivity index (χ1) is 12.2. The van der Waals surface area contributed by atoms with Crippen LogP contribution in [-0.4, -0.2) is 24.6 Å². The predicted octanol–water partition coefficient (Wildman–Crippen LogP) is 3.87. The zero-order valence-electron chi connectivity index (χ0n) is 15.9. The van der Waals surface area contributed by atoms with E-state index in [0.29, 0.717) is 11.4 Å². The van der Waals surface area contributed by atoms with Gasteiger partial charge in [0.25, 0.3) is 5.91 Å². The highest BCUT2D eigenvalue weighted by atomic mass is 16.6. The number of hydrogen-bond acceptors (Lipinski definition) is 4. The van der Waals surface area contributed by atoms with Gasteiger partial charge in [0, 0.05) is 5.69 Å². The van der Waals surface area contributed by atoms with Crippen LogP contribution in [0.4, 0.5) is 5.69 Å². The Labute approximate surface area is 154 Å². The average Bonchev–Trinajstić information content (AvgIpc) is 2.54. The van der Waals surface area contributed by atoms with Crippen LogP contribution >= 0.6 is 0 Å². The minimum Gasteiger partial charge on any atom is -0.482 e. The molecule has 0 aliphatic heterocycles. The number of carbonyl (C=O) groups excluding carboxylic acids is 2. The maximum atomic E-state index is 12.2. The molecule has 26 heavy (non-hydrogen) atoms. The zero-order chi connectivity index (χ0) is 19.3. The van der Waals surface area contributed by atoms with Gasteiger partial charge >= 0.3 is 5.97 Å². The van der Waals surface area contributed by atoms with E-state index in [4.69, 9.17) is 9.47 Å². The Kier molecular flexibility index (Phi) is 6.39. The largest absolute Gasteiger partial charge is 0.482 e. The Hall–Kier alpha value is -2.82. The lowest BCUT2D eigenvalue weighted by Gasteiger charge is -2.15. The first kappa shape index (κ1) is 19.5. The highest BCUT2D eigenvalue weighted by Gasteiger charge is 2.19. The number of hydrogen-bond donors (Lipinski definition) is 1. The van der Waals surface area contributed by atoms with E-state index in [2.05, 4.69) is 5.32 Å². The van der Waals surface area contributed by atoms with Gasteiger partial charge in [-0.1, -0.05) is 23.8 Å². The van der Waals surface area contributed by atoms with Crippen LogP contribution in [0.3, 0.4) is 0 Å². The Bertz CT molecular complexity index is 793. The molecule has 2 aromatic carbocycles. The minimum absolute atomic E-state index is 0.246. The minimum atomic E-state index is -0.911. The van der Waals surface area contributed by atoms with Gasteiger partial charge in [0.05, 0.1) is 0 Å². The van der Waals surface area contributed by atoms with Crippen LogP contribution in [0.5, 0.6) is 5.75 Å². The van der Waals surface area contributed by atoms with Crippen molar-refractivity contribution in [2.45, 2.75) is 40.7 Å². The van der Waals surface area contributed by atoms with Crippen LogP contribution in [0.15, 0.2) is 36.4 Å². The number of carbonyl (C=O) groups is 2. The van der Waals surface area contributed by atoms with Gasteiger partial charge in [-0.15, -0.1) is 0 Å². The molecule has 5 heteroatoms. The van der Waals surface area contributed by atoms with Crippen molar-refractivity contribution in [3.05, 3.63) is 58.7 Å². The Morgan fingerprint density at radius 2 is 1.62 bits per heavy atom. The van der Waals surface area contributed by atoms with Crippen molar-refractivity contribution in [1.29, 1.82) is 0 Å². The van der Waals surface area contributed by atoms with E-state index in [0.717, 1.165) is 22.3 Å². The number of ether oxygens (including phenoxy) is 2. The zero-order valence-corrected chi connectivity index (χ0v) is 15.9. The molecule has 1 amide bonds. The van der Waals surface area contributed by atoms with Crippen LogP contribution in [0.1, 0.15) is 29.2 Å². The SMILES string of the molecule is Cc1cc(C)cc(OCC(=O)O[C@@H](C)C(=O)Nc2ccc(C)cc2C)c1. The maximum Gasteiger partial charge on any atom is 0.344 e. The van der Waals surface area contributed by atoms with Gasteiger partial charge in [0.1, 0.15) is 5.75 Å². The molecule has 0 saturated carbocycles. The van der Waals surface area contributed by atoms with Gasteiger partial charge < -0.3 is 14.8 Å².